The first-order valence-corrected chi connectivity index (χ1v) is 23.0. The molecule has 67 heavy (non-hydrogen) atoms. The van der Waals surface area contributed by atoms with E-state index in [1.807, 2.05) is 60.9 Å². The molecule has 0 saturated heterocycles. The van der Waals surface area contributed by atoms with Gasteiger partial charge in [0.15, 0.2) is 0 Å². The van der Waals surface area contributed by atoms with Gasteiger partial charge in [0.2, 0.25) is 5.95 Å². The Hall–Kier alpha value is -7.97. The van der Waals surface area contributed by atoms with Gasteiger partial charge in [-0.2, -0.15) is 0 Å². The molecule has 0 radical (unpaired) electrons. The zero-order valence-corrected chi connectivity index (χ0v) is 38.7. The number of ether oxygens (including phenoxy) is 2. The van der Waals surface area contributed by atoms with Crippen molar-refractivity contribution in [2.24, 2.45) is 11.8 Å². The van der Waals surface area contributed by atoms with Crippen molar-refractivity contribution < 1.29 is 9.47 Å². The lowest BCUT2D eigenvalue weighted by molar-refractivity contribution is 0.485. The minimum absolute atomic E-state index is 0.481. The van der Waals surface area contributed by atoms with E-state index in [2.05, 4.69) is 168 Å². The second kappa shape index (κ2) is 18.5. The number of hydrogen-bond donors (Lipinski definition) is 0. The second-order valence-corrected chi connectivity index (χ2v) is 18.2. The summed E-state index contributed by atoms with van der Waals surface area (Å²) in [4.78, 5) is 22.9. The third-order valence-corrected chi connectivity index (χ3v) is 12.1. The van der Waals surface area contributed by atoms with Crippen LogP contribution in [0.4, 0.5) is 0 Å². The van der Waals surface area contributed by atoms with Crippen LogP contribution in [0.25, 0.3) is 72.5 Å². The van der Waals surface area contributed by atoms with Gasteiger partial charge in [-0.05, 0) is 145 Å². The topological polar surface area (TPSA) is 87.8 Å². The summed E-state index contributed by atoms with van der Waals surface area (Å²) in [6.07, 6.45) is 8.74. The molecule has 0 atom stereocenters. The van der Waals surface area contributed by atoms with Gasteiger partial charge in [-0.15, -0.1) is 0 Å². The minimum Gasteiger partial charge on any atom is -0.457 e. The van der Waals surface area contributed by atoms with E-state index in [4.69, 9.17) is 9.47 Å². The molecule has 8 heteroatoms. The lowest BCUT2D eigenvalue weighted by atomic mass is 9.94. The largest absolute Gasteiger partial charge is 0.457 e. The highest BCUT2D eigenvalue weighted by Gasteiger charge is 2.21. The van der Waals surface area contributed by atoms with Crippen molar-refractivity contribution in [1.29, 1.82) is 0 Å². The Labute approximate surface area is 392 Å². The summed E-state index contributed by atoms with van der Waals surface area (Å²) in [5.74, 6) is 4.44. The second-order valence-electron chi connectivity index (χ2n) is 18.2. The lowest BCUT2D eigenvalue weighted by Gasteiger charge is -2.17. The Morgan fingerprint density at radius 3 is 1.31 bits per heavy atom. The first-order valence-electron chi connectivity index (χ1n) is 23.0. The van der Waals surface area contributed by atoms with Crippen molar-refractivity contribution in [2.75, 3.05) is 0 Å². The molecule has 0 aliphatic heterocycles. The first kappa shape index (κ1) is 43.0. The summed E-state index contributed by atoms with van der Waals surface area (Å²) in [7, 11) is 0. The van der Waals surface area contributed by atoms with E-state index in [0.717, 1.165) is 102 Å². The molecule has 10 aromatic rings. The van der Waals surface area contributed by atoms with Gasteiger partial charge in [0.05, 0.1) is 22.4 Å². The quantitative estimate of drug-likeness (QED) is 0.114. The molecule has 0 aliphatic rings. The van der Waals surface area contributed by atoms with Crippen LogP contribution in [0.5, 0.6) is 23.0 Å². The Balaban J connectivity index is 1.09. The van der Waals surface area contributed by atoms with Gasteiger partial charge in [0.25, 0.3) is 0 Å². The van der Waals surface area contributed by atoms with Crippen molar-refractivity contribution in [2.45, 2.75) is 54.4 Å². The Morgan fingerprint density at radius 1 is 0.463 bits per heavy atom. The third kappa shape index (κ3) is 9.03. The van der Waals surface area contributed by atoms with E-state index in [0.29, 0.717) is 29.3 Å². The van der Waals surface area contributed by atoms with Crippen molar-refractivity contribution in [3.8, 4) is 73.7 Å². The molecular weight excluding hydrogens is 825 g/mol. The molecule has 4 aromatic heterocycles. The third-order valence-electron chi connectivity index (χ3n) is 12.1. The summed E-state index contributed by atoms with van der Waals surface area (Å²) in [5.41, 5.74) is 14.5. The van der Waals surface area contributed by atoms with Crippen molar-refractivity contribution >= 4 is 21.8 Å². The standard InChI is InChI=1S/C59H52N6O2/c1-37(2)27-41-13-17-43(18-14-41)57-39(5)29-45(51-11-7-9-25-61-51)31-55(57)66-47-21-23-49-50-24-22-48(34-54(50)65(53(49)33-47)59-63-35-60-36-64-59)67-56-32-46(52-12-8-10-26-62-52)30-40(6)58(56)44-19-15-42(16-20-44)28-38(3)4/h7-26,29-38H,27-28H2,1-6H3. The van der Waals surface area contributed by atoms with Crippen LogP contribution in [0.3, 0.4) is 0 Å². The van der Waals surface area contributed by atoms with E-state index in [9.17, 15) is 0 Å². The fraction of sp³-hybridized carbons (Fsp3) is 0.169. The fourth-order valence-corrected chi connectivity index (χ4v) is 9.25. The number of aromatic nitrogens is 6. The van der Waals surface area contributed by atoms with Gasteiger partial charge in [-0.25, -0.2) is 15.0 Å². The van der Waals surface area contributed by atoms with Crippen LogP contribution in [0, 0.1) is 25.7 Å². The van der Waals surface area contributed by atoms with Crippen LogP contribution in [0.2, 0.25) is 0 Å². The molecule has 330 valence electrons. The first-order chi connectivity index (χ1) is 32.6. The molecule has 0 fully saturated rings. The number of benzene rings is 6. The molecule has 0 amide bonds. The molecule has 6 aromatic carbocycles. The van der Waals surface area contributed by atoms with E-state index < -0.39 is 0 Å². The average Bonchev–Trinajstić information content (AvgIpc) is 3.65. The molecule has 8 nitrogen and oxygen atoms in total. The molecular formula is C59H52N6O2. The lowest BCUT2D eigenvalue weighted by Crippen LogP contribution is -2.01. The minimum atomic E-state index is 0.481. The smallest absolute Gasteiger partial charge is 0.237 e. The maximum Gasteiger partial charge on any atom is 0.237 e. The molecule has 0 unspecified atom stereocenters. The summed E-state index contributed by atoms with van der Waals surface area (Å²) < 4.78 is 16.1. The van der Waals surface area contributed by atoms with Crippen LogP contribution in [-0.2, 0) is 12.8 Å². The summed E-state index contributed by atoms with van der Waals surface area (Å²) in [6, 6.07) is 50.7. The van der Waals surface area contributed by atoms with Crippen LogP contribution in [0.1, 0.15) is 49.9 Å². The average molecular weight is 877 g/mol. The molecule has 10 rings (SSSR count). The fourth-order valence-electron chi connectivity index (χ4n) is 9.25. The van der Waals surface area contributed by atoms with Crippen LogP contribution < -0.4 is 9.47 Å². The Bertz CT molecular complexity index is 3140. The normalized spacial score (nSPS) is 11.5. The Morgan fingerprint density at radius 2 is 0.910 bits per heavy atom. The number of aryl methyl sites for hydroxylation is 2. The molecule has 0 spiro atoms. The molecule has 4 heterocycles. The van der Waals surface area contributed by atoms with Gasteiger partial charge in [-0.1, -0.05) is 88.4 Å². The number of rotatable bonds is 13. The van der Waals surface area contributed by atoms with Crippen LogP contribution >= 0.6 is 0 Å². The van der Waals surface area contributed by atoms with Gasteiger partial charge < -0.3 is 9.47 Å². The monoisotopic (exact) mass is 876 g/mol. The highest BCUT2D eigenvalue weighted by molar-refractivity contribution is 6.09. The molecule has 0 N–H and O–H groups in total. The van der Waals surface area contributed by atoms with E-state index >= 15 is 0 Å². The summed E-state index contributed by atoms with van der Waals surface area (Å²) in [6.45, 7) is 13.3. The zero-order chi connectivity index (χ0) is 46.0. The number of fused-ring (bicyclic) bond motifs is 3. The van der Waals surface area contributed by atoms with Crippen LogP contribution in [0.15, 0.2) is 171 Å². The molecule has 0 saturated carbocycles. The highest BCUT2D eigenvalue weighted by atomic mass is 16.5. The van der Waals surface area contributed by atoms with Crippen molar-refractivity contribution in [1.82, 2.24) is 29.5 Å². The molecule has 0 bridgehead atoms. The van der Waals surface area contributed by atoms with E-state index in [1.165, 1.54) is 23.8 Å². The highest BCUT2D eigenvalue weighted by Crippen LogP contribution is 2.44. The van der Waals surface area contributed by atoms with Crippen LogP contribution in [-0.4, -0.2) is 29.5 Å². The van der Waals surface area contributed by atoms with Gasteiger partial charge in [0.1, 0.15) is 35.7 Å². The maximum atomic E-state index is 7.02. The van der Waals surface area contributed by atoms with Gasteiger partial charge >= 0.3 is 0 Å². The summed E-state index contributed by atoms with van der Waals surface area (Å²) >= 11 is 0. The number of nitrogens with zero attached hydrogens (tertiary/aromatic N) is 6. The van der Waals surface area contributed by atoms with Gasteiger partial charge in [0, 0.05) is 57.6 Å². The van der Waals surface area contributed by atoms with Crippen molar-refractivity contribution in [3.63, 3.8) is 0 Å². The predicted octanol–water partition coefficient (Wildman–Crippen LogP) is 15.0. The van der Waals surface area contributed by atoms with E-state index in [1.54, 1.807) is 0 Å². The number of hydrogen-bond acceptors (Lipinski definition) is 7. The summed E-state index contributed by atoms with van der Waals surface area (Å²) in [5, 5.41) is 2.03. The number of pyridine rings is 2. The Kier molecular flexibility index (Phi) is 11.9. The molecule has 0 aliphatic carbocycles. The predicted molar refractivity (Wildman–Crippen MR) is 271 cm³/mol. The van der Waals surface area contributed by atoms with Gasteiger partial charge in [-0.3, -0.25) is 14.5 Å². The maximum absolute atomic E-state index is 7.02. The zero-order valence-electron chi connectivity index (χ0n) is 38.7. The SMILES string of the molecule is Cc1cc(-c2ccccn2)cc(Oc2ccc3c4ccc(Oc5cc(-c6ccccn6)cc(C)c5-c5ccc(CC(C)C)cc5)cc4n(-c4ncncn4)c3c2)c1-c1ccc(CC(C)C)cc1. The van der Waals surface area contributed by atoms with Crippen molar-refractivity contribution in [3.05, 3.63) is 193 Å². The van der Waals surface area contributed by atoms with E-state index in [-0.39, 0.29) is 0 Å².